The number of nitrogens with two attached hydrogens (primary N) is 1. The summed E-state index contributed by atoms with van der Waals surface area (Å²) < 4.78 is 2.15. The molecular weight excluding hydrogens is 324 g/mol. The Bertz CT molecular complexity index is 925. The summed E-state index contributed by atoms with van der Waals surface area (Å²) >= 11 is 0. The summed E-state index contributed by atoms with van der Waals surface area (Å²) in [7, 11) is 2.04. The minimum atomic E-state index is -0.00562. The third-order valence-corrected chi connectivity index (χ3v) is 4.44. The summed E-state index contributed by atoms with van der Waals surface area (Å²) in [5.74, 6) is 0.464. The van der Waals surface area contributed by atoms with E-state index in [1.54, 1.807) is 24.4 Å². The van der Waals surface area contributed by atoms with Crippen LogP contribution in [0, 0.1) is 0 Å². The number of carbonyl (C=O) groups is 1. The van der Waals surface area contributed by atoms with E-state index in [4.69, 9.17) is 5.73 Å². The molecule has 0 saturated heterocycles. The van der Waals surface area contributed by atoms with Crippen molar-refractivity contribution in [2.24, 2.45) is 7.05 Å². The van der Waals surface area contributed by atoms with E-state index >= 15 is 0 Å². The molecular formula is C21H24N4O. The molecule has 3 rings (SSSR count). The molecule has 5 nitrogen and oxygen atoms in total. The highest BCUT2D eigenvalue weighted by Crippen LogP contribution is 2.20. The van der Waals surface area contributed by atoms with Gasteiger partial charge in [0.2, 0.25) is 5.91 Å². The van der Waals surface area contributed by atoms with Crippen LogP contribution >= 0.6 is 0 Å². The lowest BCUT2D eigenvalue weighted by atomic mass is 10.2. The monoisotopic (exact) mass is 348 g/mol. The third kappa shape index (κ3) is 3.94. The van der Waals surface area contributed by atoms with E-state index in [-0.39, 0.29) is 5.91 Å². The highest BCUT2D eigenvalue weighted by atomic mass is 16.2. The Morgan fingerprint density at radius 3 is 2.77 bits per heavy atom. The molecule has 1 aromatic carbocycles. The first-order valence-electron chi connectivity index (χ1n) is 8.80. The molecule has 0 radical (unpaired) electrons. The average molecular weight is 348 g/mol. The summed E-state index contributed by atoms with van der Waals surface area (Å²) in [4.78, 5) is 18.6. The van der Waals surface area contributed by atoms with Gasteiger partial charge in [0.25, 0.3) is 0 Å². The van der Waals surface area contributed by atoms with Crippen LogP contribution in [0.3, 0.4) is 0 Å². The molecule has 2 N–H and O–H groups in total. The molecule has 0 unspecified atom stereocenters. The molecule has 0 aliphatic rings. The zero-order valence-corrected chi connectivity index (χ0v) is 15.2. The third-order valence-electron chi connectivity index (χ3n) is 4.44. The van der Waals surface area contributed by atoms with Crippen molar-refractivity contribution in [1.29, 1.82) is 0 Å². The van der Waals surface area contributed by atoms with Crippen LogP contribution < -0.4 is 5.73 Å². The first kappa shape index (κ1) is 17.7. The van der Waals surface area contributed by atoms with E-state index in [1.807, 2.05) is 30.1 Å². The summed E-state index contributed by atoms with van der Waals surface area (Å²) in [5, 5.41) is 1.19. The van der Waals surface area contributed by atoms with Crippen molar-refractivity contribution in [3.05, 3.63) is 66.0 Å². The maximum absolute atomic E-state index is 12.7. The number of benzene rings is 1. The topological polar surface area (TPSA) is 64.2 Å². The highest BCUT2D eigenvalue weighted by molar-refractivity contribution is 5.92. The van der Waals surface area contributed by atoms with E-state index in [0.717, 1.165) is 17.7 Å². The van der Waals surface area contributed by atoms with Crippen LogP contribution in [0.1, 0.15) is 24.6 Å². The minimum Gasteiger partial charge on any atom is -0.384 e. The number of hydrogen-bond donors (Lipinski definition) is 1. The molecule has 5 heteroatoms. The van der Waals surface area contributed by atoms with Gasteiger partial charge in [-0.05, 0) is 47.7 Å². The van der Waals surface area contributed by atoms with Crippen molar-refractivity contribution in [3.8, 4) is 0 Å². The molecule has 0 spiro atoms. The molecule has 3 aromatic rings. The number of amides is 1. The van der Waals surface area contributed by atoms with Gasteiger partial charge in [-0.1, -0.05) is 25.1 Å². The first-order valence-corrected chi connectivity index (χ1v) is 8.80. The second-order valence-corrected chi connectivity index (χ2v) is 6.36. The van der Waals surface area contributed by atoms with Crippen molar-refractivity contribution < 1.29 is 4.79 Å². The number of rotatable bonds is 6. The first-order chi connectivity index (χ1) is 12.6. The molecule has 0 atom stereocenters. The molecule has 1 amide bonds. The molecule has 2 aromatic heterocycles. The predicted molar refractivity (Wildman–Crippen MR) is 106 cm³/mol. The Kier molecular flexibility index (Phi) is 5.37. The van der Waals surface area contributed by atoms with Crippen LogP contribution in [0.5, 0.6) is 0 Å². The fraction of sp³-hybridized carbons (Fsp3) is 0.238. The van der Waals surface area contributed by atoms with Crippen molar-refractivity contribution in [3.63, 3.8) is 0 Å². The zero-order valence-electron chi connectivity index (χ0n) is 15.2. The Morgan fingerprint density at radius 2 is 2.08 bits per heavy atom. The number of pyridine rings is 1. The maximum Gasteiger partial charge on any atom is 0.246 e. The number of para-hydroxylation sites is 1. The summed E-state index contributed by atoms with van der Waals surface area (Å²) in [5.41, 5.74) is 8.74. The number of fused-ring (bicyclic) bond motifs is 1. The van der Waals surface area contributed by atoms with E-state index in [9.17, 15) is 4.79 Å². The molecule has 0 saturated carbocycles. The van der Waals surface area contributed by atoms with Gasteiger partial charge in [-0.2, -0.15) is 0 Å². The largest absolute Gasteiger partial charge is 0.384 e. The van der Waals surface area contributed by atoms with Crippen LogP contribution in [-0.4, -0.2) is 26.9 Å². The SMILES string of the molecule is CCCN(Cc1cc2ccccc2n1C)C(=O)/C=C/c1ccc(N)nc1. The number of aryl methyl sites for hydroxylation is 1. The smallest absolute Gasteiger partial charge is 0.246 e. The fourth-order valence-corrected chi connectivity index (χ4v) is 3.02. The predicted octanol–water partition coefficient (Wildman–Crippen LogP) is 3.61. The summed E-state index contributed by atoms with van der Waals surface area (Å²) in [6.45, 7) is 3.38. The van der Waals surface area contributed by atoms with Gasteiger partial charge < -0.3 is 15.2 Å². The number of hydrogen-bond acceptors (Lipinski definition) is 3. The van der Waals surface area contributed by atoms with Crippen LogP contribution in [0.4, 0.5) is 5.82 Å². The minimum absolute atomic E-state index is 0.00562. The Labute approximate surface area is 153 Å². The van der Waals surface area contributed by atoms with Gasteiger partial charge in [0.05, 0.1) is 6.54 Å². The van der Waals surface area contributed by atoms with Gasteiger partial charge in [0, 0.05) is 37.1 Å². The van der Waals surface area contributed by atoms with Crippen molar-refractivity contribution in [1.82, 2.24) is 14.5 Å². The number of carbonyl (C=O) groups excluding carboxylic acids is 1. The molecule has 0 aliphatic carbocycles. The maximum atomic E-state index is 12.7. The Balaban J connectivity index is 1.78. The van der Waals surface area contributed by atoms with Crippen LogP contribution in [0.25, 0.3) is 17.0 Å². The van der Waals surface area contributed by atoms with Crippen molar-refractivity contribution in [2.75, 3.05) is 12.3 Å². The molecule has 26 heavy (non-hydrogen) atoms. The quantitative estimate of drug-likeness (QED) is 0.692. The van der Waals surface area contributed by atoms with Crippen molar-refractivity contribution >= 4 is 28.7 Å². The van der Waals surface area contributed by atoms with Gasteiger partial charge in [-0.15, -0.1) is 0 Å². The van der Waals surface area contributed by atoms with Crippen molar-refractivity contribution in [2.45, 2.75) is 19.9 Å². The number of anilines is 1. The average Bonchev–Trinajstić information content (AvgIpc) is 2.97. The lowest BCUT2D eigenvalue weighted by molar-refractivity contribution is -0.126. The van der Waals surface area contributed by atoms with Gasteiger partial charge in [0.15, 0.2) is 0 Å². The normalized spacial score (nSPS) is 11.3. The van der Waals surface area contributed by atoms with E-state index in [2.05, 4.69) is 34.7 Å². The number of nitrogens with zero attached hydrogens (tertiary/aromatic N) is 3. The molecule has 0 aliphatic heterocycles. The molecule has 0 bridgehead atoms. The second-order valence-electron chi connectivity index (χ2n) is 6.36. The zero-order chi connectivity index (χ0) is 18.5. The molecule has 134 valence electrons. The van der Waals surface area contributed by atoms with E-state index in [0.29, 0.717) is 18.9 Å². The molecule has 0 fully saturated rings. The van der Waals surface area contributed by atoms with Gasteiger partial charge in [0.1, 0.15) is 5.82 Å². The van der Waals surface area contributed by atoms with E-state index < -0.39 is 0 Å². The van der Waals surface area contributed by atoms with E-state index in [1.165, 1.54) is 10.9 Å². The second kappa shape index (κ2) is 7.87. The lowest BCUT2D eigenvalue weighted by Gasteiger charge is -2.21. The highest BCUT2D eigenvalue weighted by Gasteiger charge is 2.14. The van der Waals surface area contributed by atoms with Crippen LogP contribution in [0.2, 0.25) is 0 Å². The van der Waals surface area contributed by atoms with Gasteiger partial charge >= 0.3 is 0 Å². The summed E-state index contributed by atoms with van der Waals surface area (Å²) in [6, 6.07) is 14.0. The van der Waals surface area contributed by atoms with Gasteiger partial charge in [-0.25, -0.2) is 4.98 Å². The Morgan fingerprint density at radius 1 is 1.27 bits per heavy atom. The summed E-state index contributed by atoms with van der Waals surface area (Å²) in [6.07, 6.45) is 5.95. The number of nitrogen functional groups attached to an aromatic ring is 1. The number of aromatic nitrogens is 2. The lowest BCUT2D eigenvalue weighted by Crippen LogP contribution is -2.30. The molecule has 2 heterocycles. The van der Waals surface area contributed by atoms with Gasteiger partial charge in [-0.3, -0.25) is 4.79 Å². The standard InChI is InChI=1S/C21H24N4O/c1-3-12-25(21(26)11-9-16-8-10-20(22)23-14-16)15-18-13-17-6-4-5-7-19(17)24(18)2/h4-11,13-14H,3,12,15H2,1-2H3,(H2,22,23)/b11-9+. The Hall–Kier alpha value is -3.08. The fourth-order valence-electron chi connectivity index (χ4n) is 3.02. The van der Waals surface area contributed by atoms with Crippen LogP contribution in [0.15, 0.2) is 54.7 Å². The van der Waals surface area contributed by atoms with Crippen LogP contribution in [-0.2, 0) is 18.4 Å².